The number of hydrogen-bond donors (Lipinski definition) is 4. The number of nitrogen functional groups attached to an aromatic ring is 2. The van der Waals surface area contributed by atoms with E-state index in [1.165, 1.54) is 0 Å². The van der Waals surface area contributed by atoms with E-state index < -0.39 is 11.2 Å². The molecule has 0 aliphatic heterocycles. The molecule has 0 aromatic carbocycles. The van der Waals surface area contributed by atoms with Crippen LogP contribution in [0.25, 0.3) is 11.0 Å². The summed E-state index contributed by atoms with van der Waals surface area (Å²) in [6.45, 7) is 0. The van der Waals surface area contributed by atoms with Crippen molar-refractivity contribution in [3.05, 3.63) is 20.8 Å². The van der Waals surface area contributed by atoms with Gasteiger partial charge in [0.15, 0.2) is 5.65 Å². The fourth-order valence-corrected chi connectivity index (χ4v) is 1.10. The Morgan fingerprint density at radius 1 is 1.07 bits per heavy atom. The van der Waals surface area contributed by atoms with Gasteiger partial charge in [0.25, 0.3) is 5.56 Å². The van der Waals surface area contributed by atoms with Gasteiger partial charge >= 0.3 is 5.69 Å². The molecule has 8 heteroatoms. The molecule has 2 aromatic rings. The SMILES string of the molecule is Nc1nc2nc(=O)[nH]c(N)c2c(=O)[nH]1. The van der Waals surface area contributed by atoms with E-state index in [1.807, 2.05) is 0 Å². The predicted molar refractivity (Wildman–Crippen MR) is 49.6 cm³/mol. The van der Waals surface area contributed by atoms with E-state index in [9.17, 15) is 9.59 Å². The molecule has 0 spiro atoms. The number of nitrogens with zero attached hydrogens (tertiary/aromatic N) is 2. The second-order valence-electron chi connectivity index (χ2n) is 2.61. The maximum Gasteiger partial charge on any atom is 0.348 e. The van der Waals surface area contributed by atoms with Gasteiger partial charge in [0, 0.05) is 0 Å². The zero-order valence-electron chi connectivity index (χ0n) is 6.87. The molecule has 0 radical (unpaired) electrons. The lowest BCUT2D eigenvalue weighted by atomic mass is 10.4. The highest BCUT2D eigenvalue weighted by Gasteiger charge is 2.07. The highest BCUT2D eigenvalue weighted by atomic mass is 16.1. The Labute approximate surface area is 76.0 Å². The monoisotopic (exact) mass is 194 g/mol. The minimum Gasteiger partial charge on any atom is -0.384 e. The lowest BCUT2D eigenvalue weighted by Crippen LogP contribution is -2.20. The summed E-state index contributed by atoms with van der Waals surface area (Å²) in [6.07, 6.45) is 0. The molecule has 0 amide bonds. The van der Waals surface area contributed by atoms with Crippen molar-refractivity contribution in [2.75, 3.05) is 11.5 Å². The van der Waals surface area contributed by atoms with Crippen LogP contribution in [0, 0.1) is 0 Å². The zero-order chi connectivity index (χ0) is 10.3. The van der Waals surface area contributed by atoms with E-state index in [0.29, 0.717) is 0 Å². The van der Waals surface area contributed by atoms with Gasteiger partial charge < -0.3 is 11.5 Å². The third kappa shape index (κ3) is 1.09. The van der Waals surface area contributed by atoms with Crippen LogP contribution in [-0.2, 0) is 0 Å². The molecule has 6 N–H and O–H groups in total. The van der Waals surface area contributed by atoms with E-state index in [-0.39, 0.29) is 22.8 Å². The van der Waals surface area contributed by atoms with E-state index in [0.717, 1.165) is 0 Å². The third-order valence-corrected chi connectivity index (χ3v) is 1.64. The topological polar surface area (TPSA) is 144 Å². The maximum absolute atomic E-state index is 11.3. The number of hydrogen-bond acceptors (Lipinski definition) is 6. The summed E-state index contributed by atoms with van der Waals surface area (Å²) >= 11 is 0. The van der Waals surface area contributed by atoms with Crippen molar-refractivity contribution < 1.29 is 0 Å². The molecule has 0 bridgehead atoms. The minimum atomic E-state index is -0.674. The van der Waals surface area contributed by atoms with Crippen molar-refractivity contribution in [1.29, 1.82) is 0 Å². The van der Waals surface area contributed by atoms with Crippen LogP contribution in [0.4, 0.5) is 11.8 Å². The summed E-state index contributed by atoms with van der Waals surface area (Å²) in [5.74, 6) is -0.186. The molecular weight excluding hydrogens is 188 g/mol. The van der Waals surface area contributed by atoms with Crippen LogP contribution >= 0.6 is 0 Å². The van der Waals surface area contributed by atoms with Crippen molar-refractivity contribution >= 4 is 22.8 Å². The number of H-pyrrole nitrogens is 2. The summed E-state index contributed by atoms with van der Waals surface area (Å²) in [5, 5.41) is 0.0267. The van der Waals surface area contributed by atoms with Crippen LogP contribution in [-0.4, -0.2) is 19.9 Å². The van der Waals surface area contributed by atoms with Crippen LogP contribution in [0.3, 0.4) is 0 Å². The highest BCUT2D eigenvalue weighted by Crippen LogP contribution is 2.06. The van der Waals surface area contributed by atoms with Gasteiger partial charge in [-0.3, -0.25) is 14.8 Å². The Kier molecular flexibility index (Phi) is 1.50. The molecule has 0 aliphatic rings. The van der Waals surface area contributed by atoms with Gasteiger partial charge in [-0.15, -0.1) is 0 Å². The number of anilines is 2. The average Bonchev–Trinajstić information content (AvgIpc) is 1.99. The second-order valence-corrected chi connectivity index (χ2v) is 2.61. The minimum absolute atomic E-state index is 0.0267. The lowest BCUT2D eigenvalue weighted by molar-refractivity contribution is 1.07. The normalized spacial score (nSPS) is 10.6. The highest BCUT2D eigenvalue weighted by molar-refractivity contribution is 5.84. The van der Waals surface area contributed by atoms with Crippen molar-refractivity contribution in [2.45, 2.75) is 0 Å². The van der Waals surface area contributed by atoms with Crippen LogP contribution < -0.4 is 22.7 Å². The summed E-state index contributed by atoms with van der Waals surface area (Å²) in [5.41, 5.74) is 9.41. The van der Waals surface area contributed by atoms with Crippen molar-refractivity contribution in [1.82, 2.24) is 19.9 Å². The first-order valence-corrected chi connectivity index (χ1v) is 3.63. The molecule has 0 atom stereocenters. The molecular formula is C6H6N6O2. The van der Waals surface area contributed by atoms with Gasteiger partial charge in [0.05, 0.1) is 0 Å². The summed E-state index contributed by atoms with van der Waals surface area (Å²) in [4.78, 5) is 33.8. The number of nitrogens with one attached hydrogen (secondary N) is 2. The number of aromatic nitrogens is 4. The van der Waals surface area contributed by atoms with Gasteiger partial charge in [-0.2, -0.15) is 9.97 Å². The largest absolute Gasteiger partial charge is 0.384 e. The van der Waals surface area contributed by atoms with Crippen LogP contribution in [0.5, 0.6) is 0 Å². The van der Waals surface area contributed by atoms with Gasteiger partial charge in [-0.05, 0) is 0 Å². The molecule has 14 heavy (non-hydrogen) atoms. The molecule has 8 nitrogen and oxygen atoms in total. The molecule has 72 valence electrons. The second kappa shape index (κ2) is 2.55. The quantitative estimate of drug-likeness (QED) is 0.388. The molecule has 0 unspecified atom stereocenters. The molecule has 2 aromatic heterocycles. The van der Waals surface area contributed by atoms with Crippen LogP contribution in [0.15, 0.2) is 9.59 Å². The first-order valence-electron chi connectivity index (χ1n) is 3.63. The van der Waals surface area contributed by atoms with Gasteiger partial charge in [-0.25, -0.2) is 4.79 Å². The molecule has 0 fully saturated rings. The van der Waals surface area contributed by atoms with Gasteiger partial charge in [-0.1, -0.05) is 0 Å². The van der Waals surface area contributed by atoms with Crippen molar-refractivity contribution in [2.24, 2.45) is 0 Å². The van der Waals surface area contributed by atoms with Gasteiger partial charge in [0.1, 0.15) is 11.2 Å². The number of aromatic amines is 2. The average molecular weight is 194 g/mol. The van der Waals surface area contributed by atoms with Crippen LogP contribution in [0.2, 0.25) is 0 Å². The fourth-order valence-electron chi connectivity index (χ4n) is 1.10. The smallest absolute Gasteiger partial charge is 0.348 e. The fraction of sp³-hybridized carbons (Fsp3) is 0. The maximum atomic E-state index is 11.3. The molecule has 2 rings (SSSR count). The summed E-state index contributed by atoms with van der Waals surface area (Å²) in [6, 6.07) is 0. The summed E-state index contributed by atoms with van der Waals surface area (Å²) < 4.78 is 0. The molecule has 2 heterocycles. The molecule has 0 aliphatic carbocycles. The van der Waals surface area contributed by atoms with E-state index in [4.69, 9.17) is 11.5 Å². The summed E-state index contributed by atoms with van der Waals surface area (Å²) in [7, 11) is 0. The Bertz CT molecular complexity index is 612. The van der Waals surface area contributed by atoms with Gasteiger partial charge in [0.2, 0.25) is 5.95 Å². The first-order chi connectivity index (χ1) is 6.58. The van der Waals surface area contributed by atoms with Crippen LogP contribution in [0.1, 0.15) is 0 Å². The number of rotatable bonds is 0. The standard InChI is InChI=1S/C6H6N6O2/c7-2-1-3(11-6(14)9-2)10-5(8)12-4(1)13/h(H6,7,8,9,10,11,12,13,14). The Morgan fingerprint density at radius 2 is 1.79 bits per heavy atom. The van der Waals surface area contributed by atoms with E-state index >= 15 is 0 Å². The first kappa shape index (κ1) is 8.23. The molecule has 0 saturated carbocycles. The Balaban J connectivity index is 3.10. The lowest BCUT2D eigenvalue weighted by Gasteiger charge is -1.98. The third-order valence-electron chi connectivity index (χ3n) is 1.64. The van der Waals surface area contributed by atoms with E-state index in [2.05, 4.69) is 19.9 Å². The zero-order valence-corrected chi connectivity index (χ0v) is 6.87. The Hall–Kier alpha value is -2.38. The number of nitrogens with two attached hydrogens (primary N) is 2. The van der Waals surface area contributed by atoms with Crippen molar-refractivity contribution in [3.63, 3.8) is 0 Å². The molecule has 0 saturated heterocycles. The van der Waals surface area contributed by atoms with E-state index in [1.54, 1.807) is 0 Å². The predicted octanol–water partition coefficient (Wildman–Crippen LogP) is -1.83. The van der Waals surface area contributed by atoms with Crippen molar-refractivity contribution in [3.8, 4) is 0 Å². The number of fused-ring (bicyclic) bond motifs is 1. The Morgan fingerprint density at radius 3 is 2.50 bits per heavy atom.